The van der Waals surface area contributed by atoms with Crippen LogP contribution in [0.5, 0.6) is 5.75 Å². The van der Waals surface area contributed by atoms with Crippen LogP contribution in [0.3, 0.4) is 0 Å². The number of hydrogen-bond donors (Lipinski definition) is 0. The second-order valence-corrected chi connectivity index (χ2v) is 8.93. The molecule has 3 nitrogen and oxygen atoms in total. The molecule has 0 N–H and O–H groups in total. The highest BCUT2D eigenvalue weighted by Gasteiger charge is 2.42. The minimum absolute atomic E-state index is 0.0927. The molecule has 0 saturated heterocycles. The third-order valence-electron chi connectivity index (χ3n) is 6.19. The second-order valence-electron chi connectivity index (χ2n) is 8.11. The smallest absolute Gasteiger partial charge is 0.168 e. The van der Waals surface area contributed by atoms with E-state index in [1.807, 2.05) is 48.5 Å². The van der Waals surface area contributed by atoms with Gasteiger partial charge in [-0.05, 0) is 66.1 Å². The maximum atomic E-state index is 10.1. The summed E-state index contributed by atoms with van der Waals surface area (Å²) in [7, 11) is 1.64. The summed E-state index contributed by atoms with van der Waals surface area (Å²) in [6, 6.07) is 17.8. The SMILES string of the molecule is C=CCC(C#N)(C#N)C1=CCCC[C@H]1[C@@H](/C=C/c1ccc(OC)cc1)c1c(Cl)cccc1Cl. The van der Waals surface area contributed by atoms with Crippen LogP contribution in [0, 0.1) is 34.0 Å². The van der Waals surface area contributed by atoms with Crippen LogP contribution in [0.25, 0.3) is 6.08 Å². The molecule has 0 amide bonds. The average Bonchev–Trinajstić information content (AvgIpc) is 2.85. The van der Waals surface area contributed by atoms with E-state index in [-0.39, 0.29) is 18.3 Å². The molecule has 0 radical (unpaired) electrons. The van der Waals surface area contributed by atoms with E-state index in [1.54, 1.807) is 13.2 Å². The van der Waals surface area contributed by atoms with E-state index in [4.69, 9.17) is 27.9 Å². The van der Waals surface area contributed by atoms with Crippen molar-refractivity contribution in [2.75, 3.05) is 7.11 Å². The predicted molar refractivity (Wildman–Crippen MR) is 135 cm³/mol. The van der Waals surface area contributed by atoms with Crippen LogP contribution in [0.2, 0.25) is 10.0 Å². The zero-order chi connectivity index (χ0) is 23.8. The molecule has 3 rings (SSSR count). The van der Waals surface area contributed by atoms with Gasteiger partial charge in [0, 0.05) is 22.4 Å². The fourth-order valence-electron chi connectivity index (χ4n) is 4.54. The van der Waals surface area contributed by atoms with E-state index in [0.717, 1.165) is 41.7 Å². The molecule has 1 aliphatic rings. The van der Waals surface area contributed by atoms with Gasteiger partial charge in [0.05, 0.1) is 19.2 Å². The molecule has 0 fully saturated rings. The van der Waals surface area contributed by atoms with Crippen molar-refractivity contribution in [2.24, 2.45) is 11.3 Å². The Morgan fingerprint density at radius 1 is 1.15 bits per heavy atom. The van der Waals surface area contributed by atoms with E-state index in [9.17, 15) is 10.5 Å². The zero-order valence-corrected chi connectivity index (χ0v) is 20.1. The Labute approximate surface area is 206 Å². The molecule has 2 aromatic carbocycles. The minimum Gasteiger partial charge on any atom is -0.497 e. The molecule has 0 aliphatic heterocycles. The number of halogens is 2. The highest BCUT2D eigenvalue weighted by molar-refractivity contribution is 6.36. The molecule has 168 valence electrons. The van der Waals surface area contributed by atoms with Crippen molar-refractivity contribution >= 4 is 29.3 Å². The van der Waals surface area contributed by atoms with Gasteiger partial charge in [-0.2, -0.15) is 10.5 Å². The first-order chi connectivity index (χ1) is 16.0. The zero-order valence-electron chi connectivity index (χ0n) is 18.6. The van der Waals surface area contributed by atoms with Gasteiger partial charge in [0.15, 0.2) is 5.41 Å². The largest absolute Gasteiger partial charge is 0.497 e. The number of allylic oxidation sites excluding steroid dienone is 4. The molecule has 0 spiro atoms. The normalized spacial score (nSPS) is 17.0. The van der Waals surface area contributed by atoms with Crippen molar-refractivity contribution in [3.63, 3.8) is 0 Å². The Morgan fingerprint density at radius 2 is 1.82 bits per heavy atom. The summed E-state index contributed by atoms with van der Waals surface area (Å²) in [5.41, 5.74) is 1.39. The van der Waals surface area contributed by atoms with Crippen molar-refractivity contribution in [3.05, 3.63) is 94.0 Å². The van der Waals surface area contributed by atoms with Crippen molar-refractivity contribution in [1.29, 1.82) is 10.5 Å². The van der Waals surface area contributed by atoms with Gasteiger partial charge in [-0.15, -0.1) is 6.58 Å². The Balaban J connectivity index is 2.13. The van der Waals surface area contributed by atoms with Crippen LogP contribution in [-0.4, -0.2) is 7.11 Å². The lowest BCUT2D eigenvalue weighted by molar-refractivity contribution is 0.406. The van der Waals surface area contributed by atoms with E-state index in [1.165, 1.54) is 0 Å². The first-order valence-electron chi connectivity index (χ1n) is 10.9. The number of rotatable bonds is 8. The number of hydrogen-bond acceptors (Lipinski definition) is 3. The molecule has 0 bridgehead atoms. The quantitative estimate of drug-likeness (QED) is 0.361. The van der Waals surface area contributed by atoms with E-state index in [0.29, 0.717) is 10.0 Å². The Kier molecular flexibility index (Phi) is 8.40. The van der Waals surface area contributed by atoms with Gasteiger partial charge in [-0.25, -0.2) is 0 Å². The van der Waals surface area contributed by atoms with Gasteiger partial charge in [-0.1, -0.05) is 65.7 Å². The van der Waals surface area contributed by atoms with E-state index in [2.05, 4.69) is 30.9 Å². The Bertz CT molecular complexity index is 1100. The summed E-state index contributed by atoms with van der Waals surface area (Å²) >= 11 is 13.3. The standard InChI is InChI=1S/C28H26Cl2N2O/c1-3-17-28(18-31,19-32)24-8-5-4-7-22(24)23(27-25(29)9-6-10-26(27)30)16-13-20-11-14-21(33-2)15-12-20/h3,6,8-16,22-23H,1,4-5,7,17H2,2H3/b16-13+/t22-,23+/m0/s1. The van der Waals surface area contributed by atoms with Crippen LogP contribution >= 0.6 is 23.2 Å². The fourth-order valence-corrected chi connectivity index (χ4v) is 5.19. The molecule has 0 saturated carbocycles. The molecular formula is C28H26Cl2N2O. The topological polar surface area (TPSA) is 56.8 Å². The average molecular weight is 477 g/mol. The van der Waals surface area contributed by atoms with Gasteiger partial charge >= 0.3 is 0 Å². The third kappa shape index (κ3) is 5.33. The lowest BCUT2D eigenvalue weighted by Gasteiger charge is -2.36. The van der Waals surface area contributed by atoms with Crippen LogP contribution in [0.15, 0.2) is 72.8 Å². The van der Waals surface area contributed by atoms with Crippen LogP contribution in [-0.2, 0) is 0 Å². The third-order valence-corrected chi connectivity index (χ3v) is 6.85. The molecule has 0 aromatic heterocycles. The number of nitrogens with zero attached hydrogens (tertiary/aromatic N) is 2. The van der Waals surface area contributed by atoms with E-state index < -0.39 is 5.41 Å². The summed E-state index contributed by atoms with van der Waals surface area (Å²) in [6.07, 6.45) is 10.7. The molecule has 0 unspecified atom stereocenters. The first kappa shape index (κ1) is 24.7. The monoisotopic (exact) mass is 476 g/mol. The Hall–Kier alpha value is -2.98. The van der Waals surface area contributed by atoms with Crippen LogP contribution in [0.4, 0.5) is 0 Å². The number of ether oxygens (including phenoxy) is 1. The van der Waals surface area contributed by atoms with Crippen LogP contribution < -0.4 is 4.74 Å². The maximum Gasteiger partial charge on any atom is 0.168 e. The highest BCUT2D eigenvalue weighted by atomic mass is 35.5. The van der Waals surface area contributed by atoms with Gasteiger partial charge in [0.25, 0.3) is 0 Å². The molecule has 33 heavy (non-hydrogen) atoms. The first-order valence-corrected chi connectivity index (χ1v) is 11.7. The minimum atomic E-state index is -1.26. The second kappa shape index (κ2) is 11.2. The van der Waals surface area contributed by atoms with Crippen molar-refractivity contribution in [3.8, 4) is 17.9 Å². The molecule has 2 aromatic rings. The molecular weight excluding hydrogens is 451 g/mol. The van der Waals surface area contributed by atoms with Crippen molar-refractivity contribution in [2.45, 2.75) is 31.6 Å². The summed E-state index contributed by atoms with van der Waals surface area (Å²) in [4.78, 5) is 0. The lowest BCUT2D eigenvalue weighted by Crippen LogP contribution is -2.29. The number of methoxy groups -OCH3 is 1. The fraction of sp³-hybridized carbons (Fsp3) is 0.286. The summed E-state index contributed by atoms with van der Waals surface area (Å²) in [6.45, 7) is 3.79. The van der Waals surface area contributed by atoms with Gasteiger partial charge in [0.2, 0.25) is 0 Å². The van der Waals surface area contributed by atoms with Gasteiger partial charge in [0.1, 0.15) is 5.75 Å². The summed E-state index contributed by atoms with van der Waals surface area (Å²) in [5.74, 6) is 0.489. The van der Waals surface area contributed by atoms with Crippen LogP contribution in [0.1, 0.15) is 42.7 Å². The molecule has 0 heterocycles. The highest BCUT2D eigenvalue weighted by Crippen LogP contribution is 2.49. The van der Waals surface area contributed by atoms with Gasteiger partial charge < -0.3 is 4.74 Å². The van der Waals surface area contributed by atoms with Crippen molar-refractivity contribution in [1.82, 2.24) is 0 Å². The van der Waals surface area contributed by atoms with E-state index >= 15 is 0 Å². The Morgan fingerprint density at radius 3 is 2.39 bits per heavy atom. The lowest BCUT2D eigenvalue weighted by atomic mass is 9.65. The number of benzene rings is 2. The van der Waals surface area contributed by atoms with Gasteiger partial charge in [-0.3, -0.25) is 0 Å². The summed E-state index contributed by atoms with van der Waals surface area (Å²) in [5, 5.41) is 21.2. The predicted octanol–water partition coefficient (Wildman–Crippen LogP) is 8.14. The molecule has 2 atom stereocenters. The molecule has 5 heteroatoms. The van der Waals surface area contributed by atoms with Crippen molar-refractivity contribution < 1.29 is 4.74 Å². The summed E-state index contributed by atoms with van der Waals surface area (Å²) < 4.78 is 5.25. The number of nitriles is 2. The maximum absolute atomic E-state index is 10.1. The molecule has 1 aliphatic carbocycles.